The molecule has 0 radical (unpaired) electrons. The highest BCUT2D eigenvalue weighted by atomic mass is 35.7. The summed E-state index contributed by atoms with van der Waals surface area (Å²) in [5.41, 5.74) is -1.09. The quantitative estimate of drug-likeness (QED) is 0.311. The molecule has 0 saturated heterocycles. The number of hydrogen-bond acceptors (Lipinski definition) is 9. The number of benzene rings is 2. The lowest BCUT2D eigenvalue weighted by atomic mass is 10.1. The van der Waals surface area contributed by atoms with E-state index in [9.17, 15) is 23.3 Å². The molecule has 0 spiro atoms. The van der Waals surface area contributed by atoms with Crippen molar-refractivity contribution in [2.24, 2.45) is 0 Å². The van der Waals surface area contributed by atoms with Gasteiger partial charge in [0.25, 0.3) is 14.7 Å². The molecule has 30 heavy (non-hydrogen) atoms. The number of hydrogen-bond donors (Lipinski definition) is 0. The molecule has 0 aliphatic carbocycles. The number of nitrogens with zero attached hydrogens (tertiary/aromatic N) is 1. The number of nitro benzene ring substituents is 1. The highest BCUT2D eigenvalue weighted by Gasteiger charge is 2.30. The first-order valence-corrected chi connectivity index (χ1v) is 10.4. The van der Waals surface area contributed by atoms with Gasteiger partial charge in [0.1, 0.15) is 16.9 Å². The predicted octanol–water partition coefficient (Wildman–Crippen LogP) is 3.32. The van der Waals surface area contributed by atoms with E-state index in [2.05, 4.69) is 0 Å². The number of ether oxygens (including phenoxy) is 3. The second-order valence-corrected chi connectivity index (χ2v) is 8.35. The number of methoxy groups -OCH3 is 3. The van der Waals surface area contributed by atoms with Gasteiger partial charge in [-0.05, 0) is 12.1 Å². The molecule has 1 aromatic heterocycles. The highest BCUT2D eigenvalue weighted by Crippen LogP contribution is 2.42. The second kappa shape index (κ2) is 7.84. The third kappa shape index (κ3) is 3.53. The van der Waals surface area contributed by atoms with Crippen molar-refractivity contribution >= 4 is 36.4 Å². The summed E-state index contributed by atoms with van der Waals surface area (Å²) in [6.45, 7) is 0. The minimum absolute atomic E-state index is 0.0202. The molecule has 0 aliphatic heterocycles. The largest absolute Gasteiger partial charge is 0.496 e. The minimum atomic E-state index is -4.42. The molecule has 0 amide bonds. The van der Waals surface area contributed by atoms with Gasteiger partial charge < -0.3 is 18.6 Å². The van der Waals surface area contributed by atoms with Crippen molar-refractivity contribution in [1.82, 2.24) is 0 Å². The van der Waals surface area contributed by atoms with Gasteiger partial charge in [0.15, 0.2) is 16.2 Å². The van der Waals surface area contributed by atoms with Crippen LogP contribution in [-0.2, 0) is 9.05 Å². The first-order chi connectivity index (χ1) is 14.1. The van der Waals surface area contributed by atoms with E-state index in [4.69, 9.17) is 29.3 Å². The standard InChI is InChI=1S/C18H14ClNO9S/c1-26-11-8-12(27-2)18(30(19,24)25)16-13(11)14(21)17(28-3)15(29-16)9-4-6-10(7-5-9)20(22)23/h4-8H,1-3H3. The monoisotopic (exact) mass is 455 g/mol. The van der Waals surface area contributed by atoms with Crippen LogP contribution in [0.4, 0.5) is 5.69 Å². The first-order valence-electron chi connectivity index (χ1n) is 8.13. The predicted molar refractivity (Wildman–Crippen MR) is 107 cm³/mol. The Labute approximate surface area is 174 Å². The van der Waals surface area contributed by atoms with Crippen LogP contribution in [0.15, 0.2) is 44.4 Å². The van der Waals surface area contributed by atoms with Gasteiger partial charge in [0.2, 0.25) is 11.2 Å². The van der Waals surface area contributed by atoms with E-state index in [1.54, 1.807) is 0 Å². The van der Waals surface area contributed by atoms with Crippen molar-refractivity contribution in [3.8, 4) is 28.6 Å². The molecule has 0 aliphatic rings. The summed E-state index contributed by atoms with van der Waals surface area (Å²) in [7, 11) is 4.87. The van der Waals surface area contributed by atoms with E-state index in [1.807, 2.05) is 0 Å². The lowest BCUT2D eigenvalue weighted by Gasteiger charge is -2.15. The zero-order valence-corrected chi connectivity index (χ0v) is 17.4. The Kier molecular flexibility index (Phi) is 5.59. The zero-order valence-electron chi connectivity index (χ0n) is 15.8. The number of fused-ring (bicyclic) bond motifs is 1. The number of halogens is 1. The molecule has 10 nitrogen and oxygen atoms in total. The van der Waals surface area contributed by atoms with Crippen molar-refractivity contribution in [1.29, 1.82) is 0 Å². The van der Waals surface area contributed by atoms with Crippen LogP contribution in [0.2, 0.25) is 0 Å². The van der Waals surface area contributed by atoms with Crippen molar-refractivity contribution in [2.75, 3.05) is 21.3 Å². The SMILES string of the molecule is COc1cc(OC)c2c(=O)c(OC)c(-c3ccc([N+](=O)[O-])cc3)oc2c1S(=O)(=O)Cl. The van der Waals surface area contributed by atoms with Gasteiger partial charge in [-0.2, -0.15) is 0 Å². The summed E-state index contributed by atoms with van der Waals surface area (Å²) in [5, 5.41) is 10.7. The Bertz CT molecular complexity index is 1310. The van der Waals surface area contributed by atoms with Crippen LogP contribution in [0.1, 0.15) is 0 Å². The van der Waals surface area contributed by atoms with Gasteiger partial charge in [-0.1, -0.05) is 0 Å². The third-order valence-corrected chi connectivity index (χ3v) is 5.57. The molecule has 0 bridgehead atoms. The van der Waals surface area contributed by atoms with Crippen LogP contribution < -0.4 is 19.6 Å². The highest BCUT2D eigenvalue weighted by molar-refractivity contribution is 8.14. The number of non-ortho nitro benzene ring substituents is 1. The average Bonchev–Trinajstić information content (AvgIpc) is 2.71. The lowest BCUT2D eigenvalue weighted by Crippen LogP contribution is -2.11. The average molecular weight is 456 g/mol. The molecule has 158 valence electrons. The summed E-state index contributed by atoms with van der Waals surface area (Å²) in [4.78, 5) is 22.9. The Morgan fingerprint density at radius 1 is 1.03 bits per heavy atom. The topological polar surface area (TPSA) is 135 Å². The molecule has 0 fully saturated rings. The molecule has 1 heterocycles. The molecule has 12 heteroatoms. The van der Waals surface area contributed by atoms with Crippen molar-refractivity contribution < 1.29 is 32.0 Å². The van der Waals surface area contributed by atoms with Crippen LogP contribution in [0, 0.1) is 10.1 Å². The van der Waals surface area contributed by atoms with E-state index in [0.717, 1.165) is 0 Å². The summed E-state index contributed by atoms with van der Waals surface area (Å²) >= 11 is 0. The van der Waals surface area contributed by atoms with Crippen LogP contribution in [0.5, 0.6) is 17.2 Å². The van der Waals surface area contributed by atoms with Gasteiger partial charge in [-0.3, -0.25) is 14.9 Å². The van der Waals surface area contributed by atoms with Crippen molar-refractivity contribution in [3.63, 3.8) is 0 Å². The normalized spacial score (nSPS) is 11.3. The summed E-state index contributed by atoms with van der Waals surface area (Å²) < 4.78 is 45.7. The van der Waals surface area contributed by atoms with Crippen LogP contribution in [-0.4, -0.2) is 34.7 Å². The molecule has 0 saturated carbocycles. The third-order valence-electron chi connectivity index (χ3n) is 4.24. The Balaban J connectivity index is 2.51. The summed E-state index contributed by atoms with van der Waals surface area (Å²) in [5.74, 6) is -0.620. The van der Waals surface area contributed by atoms with Crippen molar-refractivity contribution in [3.05, 3.63) is 50.7 Å². The van der Waals surface area contributed by atoms with Gasteiger partial charge in [0.05, 0.1) is 26.3 Å². The lowest BCUT2D eigenvalue weighted by molar-refractivity contribution is -0.384. The smallest absolute Gasteiger partial charge is 0.269 e. The minimum Gasteiger partial charge on any atom is -0.496 e. The fourth-order valence-electron chi connectivity index (χ4n) is 2.92. The van der Waals surface area contributed by atoms with E-state index >= 15 is 0 Å². The molecule has 0 unspecified atom stereocenters. The van der Waals surface area contributed by atoms with Crippen LogP contribution in [0.25, 0.3) is 22.3 Å². The summed E-state index contributed by atoms with van der Waals surface area (Å²) in [6.07, 6.45) is 0. The van der Waals surface area contributed by atoms with Crippen LogP contribution in [0.3, 0.4) is 0 Å². The van der Waals surface area contributed by atoms with Crippen LogP contribution >= 0.6 is 10.7 Å². The first kappa shape index (κ1) is 21.4. The number of nitro groups is 1. The van der Waals surface area contributed by atoms with E-state index < -0.39 is 29.9 Å². The van der Waals surface area contributed by atoms with Gasteiger partial charge in [0, 0.05) is 34.4 Å². The molecular formula is C18H14ClNO9S. The maximum absolute atomic E-state index is 13.1. The van der Waals surface area contributed by atoms with Crippen molar-refractivity contribution in [2.45, 2.75) is 4.90 Å². The summed E-state index contributed by atoms with van der Waals surface area (Å²) in [6, 6.07) is 6.25. The molecule has 0 N–H and O–H groups in total. The van der Waals surface area contributed by atoms with Gasteiger partial charge in [-0.15, -0.1) is 0 Å². The van der Waals surface area contributed by atoms with Gasteiger partial charge in [-0.25, -0.2) is 8.42 Å². The maximum Gasteiger partial charge on any atom is 0.269 e. The maximum atomic E-state index is 13.1. The molecular weight excluding hydrogens is 442 g/mol. The van der Waals surface area contributed by atoms with E-state index in [-0.39, 0.29) is 39.6 Å². The Morgan fingerprint density at radius 2 is 1.63 bits per heavy atom. The molecule has 3 aromatic rings. The fourth-order valence-corrected chi connectivity index (χ4v) is 4.11. The Hall–Kier alpha value is -3.31. The van der Waals surface area contributed by atoms with Gasteiger partial charge >= 0.3 is 0 Å². The Morgan fingerprint density at radius 3 is 2.10 bits per heavy atom. The van der Waals surface area contributed by atoms with E-state index in [0.29, 0.717) is 0 Å². The van der Waals surface area contributed by atoms with E-state index in [1.165, 1.54) is 51.7 Å². The number of rotatable bonds is 6. The second-order valence-electron chi connectivity index (χ2n) is 5.85. The zero-order chi connectivity index (χ0) is 22.2. The molecule has 0 atom stereocenters. The molecule has 2 aromatic carbocycles. The fraction of sp³-hybridized carbons (Fsp3) is 0.167. The molecule has 3 rings (SSSR count).